The molecule has 1 unspecified atom stereocenters. The van der Waals surface area contributed by atoms with E-state index in [0.29, 0.717) is 5.75 Å². The number of aryl methyl sites for hydroxylation is 1. The molecular formula is C15H24N2OS. The molecule has 0 amide bonds. The molecule has 1 aromatic rings. The Labute approximate surface area is 120 Å². The van der Waals surface area contributed by atoms with Gasteiger partial charge in [-0.25, -0.2) is 0 Å². The van der Waals surface area contributed by atoms with E-state index in [4.69, 9.17) is 0 Å². The smallest absolute Gasteiger partial charge is 0.120 e. The summed E-state index contributed by atoms with van der Waals surface area (Å²) in [4.78, 5) is 2.51. The SMILES string of the molecule is Cc1ccc(O)c(C(C)NCCN2CCSCC2)c1. The van der Waals surface area contributed by atoms with Crippen molar-refractivity contribution in [2.45, 2.75) is 19.9 Å². The zero-order chi connectivity index (χ0) is 13.7. The van der Waals surface area contributed by atoms with Gasteiger partial charge in [-0.1, -0.05) is 17.7 Å². The van der Waals surface area contributed by atoms with Gasteiger partial charge in [-0.2, -0.15) is 11.8 Å². The van der Waals surface area contributed by atoms with Gasteiger partial charge in [0.05, 0.1) is 0 Å². The average Bonchev–Trinajstić information content (AvgIpc) is 2.42. The van der Waals surface area contributed by atoms with Crippen molar-refractivity contribution in [2.75, 3.05) is 37.7 Å². The number of nitrogens with zero attached hydrogens (tertiary/aromatic N) is 1. The highest BCUT2D eigenvalue weighted by atomic mass is 32.2. The molecule has 1 aliphatic rings. The molecule has 1 heterocycles. The lowest BCUT2D eigenvalue weighted by molar-refractivity contribution is 0.296. The molecule has 3 nitrogen and oxygen atoms in total. The topological polar surface area (TPSA) is 35.5 Å². The van der Waals surface area contributed by atoms with Crippen LogP contribution in [0.1, 0.15) is 24.1 Å². The van der Waals surface area contributed by atoms with E-state index in [0.717, 1.165) is 18.7 Å². The molecule has 4 heteroatoms. The summed E-state index contributed by atoms with van der Waals surface area (Å²) < 4.78 is 0. The second kappa shape index (κ2) is 7.17. The molecule has 1 fully saturated rings. The van der Waals surface area contributed by atoms with Crippen LogP contribution >= 0.6 is 11.8 Å². The van der Waals surface area contributed by atoms with Crippen molar-refractivity contribution in [2.24, 2.45) is 0 Å². The predicted molar refractivity (Wildman–Crippen MR) is 83.0 cm³/mol. The van der Waals surface area contributed by atoms with Crippen LogP contribution in [0.15, 0.2) is 18.2 Å². The van der Waals surface area contributed by atoms with Gasteiger partial charge < -0.3 is 15.3 Å². The number of phenols is 1. The predicted octanol–water partition coefficient (Wildman–Crippen LogP) is 2.40. The zero-order valence-corrected chi connectivity index (χ0v) is 12.7. The van der Waals surface area contributed by atoms with Gasteiger partial charge in [0.2, 0.25) is 0 Å². The molecule has 1 atom stereocenters. The number of benzene rings is 1. The molecule has 0 aliphatic carbocycles. The lowest BCUT2D eigenvalue weighted by Gasteiger charge is -2.27. The third-order valence-electron chi connectivity index (χ3n) is 3.63. The van der Waals surface area contributed by atoms with Crippen LogP contribution in [-0.2, 0) is 0 Å². The van der Waals surface area contributed by atoms with E-state index in [1.807, 2.05) is 17.8 Å². The highest BCUT2D eigenvalue weighted by Crippen LogP contribution is 2.24. The molecular weight excluding hydrogens is 256 g/mol. The molecule has 2 rings (SSSR count). The fourth-order valence-electron chi connectivity index (χ4n) is 2.39. The minimum atomic E-state index is 0.194. The van der Waals surface area contributed by atoms with E-state index < -0.39 is 0 Å². The summed E-state index contributed by atoms with van der Waals surface area (Å²) in [5.41, 5.74) is 2.18. The van der Waals surface area contributed by atoms with Gasteiger partial charge in [0.15, 0.2) is 0 Å². The molecule has 106 valence electrons. The monoisotopic (exact) mass is 280 g/mol. The maximum atomic E-state index is 9.90. The zero-order valence-electron chi connectivity index (χ0n) is 11.9. The Morgan fingerprint density at radius 2 is 2.11 bits per heavy atom. The average molecular weight is 280 g/mol. The molecule has 0 saturated carbocycles. The molecule has 0 bridgehead atoms. The first-order valence-corrected chi connectivity index (χ1v) is 8.15. The fourth-order valence-corrected chi connectivity index (χ4v) is 3.37. The molecule has 0 radical (unpaired) electrons. The van der Waals surface area contributed by atoms with Gasteiger partial charge in [-0.3, -0.25) is 0 Å². The van der Waals surface area contributed by atoms with Gasteiger partial charge in [0, 0.05) is 49.3 Å². The van der Waals surface area contributed by atoms with Crippen LogP contribution in [0.5, 0.6) is 5.75 Å². The van der Waals surface area contributed by atoms with Crippen LogP contribution in [0.2, 0.25) is 0 Å². The Morgan fingerprint density at radius 3 is 2.84 bits per heavy atom. The number of phenolic OH excluding ortho intramolecular Hbond substituents is 1. The Balaban J connectivity index is 1.80. The second-order valence-corrected chi connectivity index (χ2v) is 6.42. The molecule has 1 aromatic carbocycles. The number of thioether (sulfide) groups is 1. The summed E-state index contributed by atoms with van der Waals surface area (Å²) in [5, 5.41) is 13.4. The van der Waals surface area contributed by atoms with Crippen LogP contribution in [0.25, 0.3) is 0 Å². The van der Waals surface area contributed by atoms with Crippen LogP contribution in [0.3, 0.4) is 0 Å². The summed E-state index contributed by atoms with van der Waals surface area (Å²) in [6, 6.07) is 5.98. The summed E-state index contributed by atoms with van der Waals surface area (Å²) in [7, 11) is 0. The highest BCUT2D eigenvalue weighted by molar-refractivity contribution is 7.99. The van der Waals surface area contributed by atoms with E-state index >= 15 is 0 Å². The van der Waals surface area contributed by atoms with E-state index in [-0.39, 0.29) is 6.04 Å². The van der Waals surface area contributed by atoms with Crippen LogP contribution < -0.4 is 5.32 Å². The normalized spacial score (nSPS) is 18.4. The first kappa shape index (κ1) is 14.7. The fraction of sp³-hybridized carbons (Fsp3) is 0.600. The van der Waals surface area contributed by atoms with Crippen LogP contribution in [0, 0.1) is 6.92 Å². The number of rotatable bonds is 5. The van der Waals surface area contributed by atoms with Crippen LogP contribution in [0.4, 0.5) is 0 Å². The van der Waals surface area contributed by atoms with E-state index in [1.165, 1.54) is 30.2 Å². The van der Waals surface area contributed by atoms with Crippen molar-refractivity contribution in [1.82, 2.24) is 10.2 Å². The third-order valence-corrected chi connectivity index (χ3v) is 4.57. The first-order valence-electron chi connectivity index (χ1n) is 7.00. The van der Waals surface area contributed by atoms with Gasteiger partial charge in [0.25, 0.3) is 0 Å². The van der Waals surface area contributed by atoms with Gasteiger partial charge in [-0.15, -0.1) is 0 Å². The largest absolute Gasteiger partial charge is 0.508 e. The second-order valence-electron chi connectivity index (χ2n) is 5.19. The summed E-state index contributed by atoms with van der Waals surface area (Å²) in [6.45, 7) is 8.64. The van der Waals surface area contributed by atoms with Crippen LogP contribution in [-0.4, -0.2) is 47.7 Å². The Bertz CT molecular complexity index is 405. The third kappa shape index (κ3) is 4.41. The molecule has 1 saturated heterocycles. The maximum Gasteiger partial charge on any atom is 0.120 e. The van der Waals surface area contributed by atoms with Crippen molar-refractivity contribution < 1.29 is 5.11 Å². The summed E-state index contributed by atoms with van der Waals surface area (Å²) in [5.74, 6) is 2.91. The van der Waals surface area contributed by atoms with Gasteiger partial charge in [0.1, 0.15) is 5.75 Å². The Kier molecular flexibility index (Phi) is 5.55. The van der Waals surface area contributed by atoms with Gasteiger partial charge in [-0.05, 0) is 19.9 Å². The lowest BCUT2D eigenvalue weighted by atomic mass is 10.0. The molecule has 0 spiro atoms. The Morgan fingerprint density at radius 1 is 1.37 bits per heavy atom. The van der Waals surface area contributed by atoms with E-state index in [2.05, 4.69) is 30.1 Å². The number of hydrogen-bond acceptors (Lipinski definition) is 4. The quantitative estimate of drug-likeness (QED) is 0.868. The molecule has 0 aromatic heterocycles. The van der Waals surface area contributed by atoms with Crippen molar-refractivity contribution in [3.8, 4) is 5.75 Å². The number of hydrogen-bond donors (Lipinski definition) is 2. The molecule has 2 N–H and O–H groups in total. The van der Waals surface area contributed by atoms with Crippen molar-refractivity contribution >= 4 is 11.8 Å². The van der Waals surface area contributed by atoms with Crippen molar-refractivity contribution in [1.29, 1.82) is 0 Å². The lowest BCUT2D eigenvalue weighted by Crippen LogP contribution is -2.38. The minimum absolute atomic E-state index is 0.194. The minimum Gasteiger partial charge on any atom is -0.508 e. The maximum absolute atomic E-state index is 9.90. The Hall–Kier alpha value is -0.710. The summed E-state index contributed by atoms with van der Waals surface area (Å²) in [6.07, 6.45) is 0. The van der Waals surface area contributed by atoms with E-state index in [9.17, 15) is 5.11 Å². The molecule has 19 heavy (non-hydrogen) atoms. The first-order chi connectivity index (χ1) is 9.16. The molecule has 1 aliphatic heterocycles. The van der Waals surface area contributed by atoms with Crippen molar-refractivity contribution in [3.05, 3.63) is 29.3 Å². The summed E-state index contributed by atoms with van der Waals surface area (Å²) >= 11 is 2.04. The standard InChI is InChI=1S/C15H24N2OS/c1-12-3-4-15(18)14(11-12)13(2)16-5-6-17-7-9-19-10-8-17/h3-4,11,13,16,18H,5-10H2,1-2H3. The van der Waals surface area contributed by atoms with E-state index in [1.54, 1.807) is 6.07 Å². The highest BCUT2D eigenvalue weighted by Gasteiger charge is 2.12. The van der Waals surface area contributed by atoms with Crippen molar-refractivity contribution in [3.63, 3.8) is 0 Å². The number of nitrogens with one attached hydrogen (secondary N) is 1. The van der Waals surface area contributed by atoms with Gasteiger partial charge >= 0.3 is 0 Å². The number of aromatic hydroxyl groups is 1.